The molecule has 154 valence electrons. The molecule has 0 unspecified atom stereocenters. The average Bonchev–Trinajstić information content (AvgIpc) is 2.72. The molecule has 0 heterocycles. The molecular weight excluding hydrogens is 379 g/mol. The van der Waals surface area contributed by atoms with Crippen molar-refractivity contribution in [2.24, 2.45) is 0 Å². The van der Waals surface area contributed by atoms with Gasteiger partial charge in [-0.2, -0.15) is 0 Å². The molecule has 3 rings (SSSR count). The maximum atomic E-state index is 13.7. The summed E-state index contributed by atoms with van der Waals surface area (Å²) in [6.07, 6.45) is 0.273. The maximum absolute atomic E-state index is 13.7. The van der Waals surface area contributed by atoms with E-state index in [4.69, 9.17) is 0 Å². The third-order valence-corrected chi connectivity index (χ3v) is 4.56. The maximum Gasteiger partial charge on any atom is 0.258 e. The first-order chi connectivity index (χ1) is 14.4. The van der Waals surface area contributed by atoms with Gasteiger partial charge in [0.2, 0.25) is 5.91 Å². The van der Waals surface area contributed by atoms with Crippen molar-refractivity contribution in [2.45, 2.75) is 32.9 Å². The Hall–Kier alpha value is -3.47. The van der Waals surface area contributed by atoms with Gasteiger partial charge < -0.3 is 10.2 Å². The topological polar surface area (TPSA) is 49.4 Å². The highest BCUT2D eigenvalue weighted by Gasteiger charge is 2.19. The molecule has 0 fully saturated rings. The van der Waals surface area contributed by atoms with E-state index in [9.17, 15) is 14.0 Å². The van der Waals surface area contributed by atoms with Crippen molar-refractivity contribution in [1.29, 1.82) is 0 Å². The molecule has 30 heavy (non-hydrogen) atoms. The molecule has 4 nitrogen and oxygen atoms in total. The quantitative estimate of drug-likeness (QED) is 0.618. The molecule has 0 saturated heterocycles. The van der Waals surface area contributed by atoms with Crippen LogP contribution in [-0.2, 0) is 17.8 Å². The Labute approximate surface area is 176 Å². The number of benzene rings is 3. The summed E-state index contributed by atoms with van der Waals surface area (Å²) in [6, 6.07) is 22.7. The van der Waals surface area contributed by atoms with Crippen LogP contribution in [0.1, 0.15) is 35.3 Å². The Balaban J connectivity index is 1.86. The molecule has 0 aromatic heterocycles. The van der Waals surface area contributed by atoms with Gasteiger partial charge >= 0.3 is 0 Å². The molecule has 0 aliphatic carbocycles. The molecule has 1 N–H and O–H groups in total. The van der Waals surface area contributed by atoms with Crippen LogP contribution in [0.25, 0.3) is 0 Å². The normalized spacial score (nSPS) is 10.7. The van der Waals surface area contributed by atoms with E-state index in [0.717, 1.165) is 11.1 Å². The number of rotatable bonds is 7. The van der Waals surface area contributed by atoms with E-state index in [1.165, 1.54) is 18.2 Å². The molecular formula is C25H25FN2O2. The molecule has 3 aromatic rings. The zero-order valence-corrected chi connectivity index (χ0v) is 17.1. The van der Waals surface area contributed by atoms with Crippen LogP contribution in [0, 0.1) is 5.82 Å². The molecule has 0 atom stereocenters. The van der Waals surface area contributed by atoms with Crippen molar-refractivity contribution in [3.05, 3.63) is 101 Å². The van der Waals surface area contributed by atoms with E-state index in [1.807, 2.05) is 68.4 Å². The van der Waals surface area contributed by atoms with Gasteiger partial charge in [0.1, 0.15) is 5.82 Å². The number of carbonyl (C=O) groups excluding carboxylic acids is 2. The highest BCUT2D eigenvalue weighted by molar-refractivity contribution is 6.06. The van der Waals surface area contributed by atoms with Gasteiger partial charge in [-0.05, 0) is 55.3 Å². The van der Waals surface area contributed by atoms with Gasteiger partial charge in [0, 0.05) is 17.3 Å². The third-order valence-electron chi connectivity index (χ3n) is 4.56. The Morgan fingerprint density at radius 3 is 2.23 bits per heavy atom. The summed E-state index contributed by atoms with van der Waals surface area (Å²) in [5.41, 5.74) is 2.78. The fourth-order valence-corrected chi connectivity index (χ4v) is 3.18. The van der Waals surface area contributed by atoms with Crippen molar-refractivity contribution < 1.29 is 14.0 Å². The Morgan fingerprint density at radius 1 is 0.900 bits per heavy atom. The second kappa shape index (κ2) is 9.83. The molecule has 0 saturated carbocycles. The number of amides is 2. The highest BCUT2D eigenvalue weighted by atomic mass is 19.1. The van der Waals surface area contributed by atoms with Crippen LogP contribution in [0.2, 0.25) is 0 Å². The molecule has 0 aliphatic rings. The molecule has 2 amide bonds. The lowest BCUT2D eigenvalue weighted by atomic mass is 10.1. The minimum atomic E-state index is -0.452. The molecule has 0 spiro atoms. The van der Waals surface area contributed by atoms with Gasteiger partial charge in [0.15, 0.2) is 0 Å². The monoisotopic (exact) mass is 404 g/mol. The fourth-order valence-electron chi connectivity index (χ4n) is 3.18. The van der Waals surface area contributed by atoms with Crippen molar-refractivity contribution in [2.75, 3.05) is 4.90 Å². The summed E-state index contributed by atoms with van der Waals surface area (Å²) in [5.74, 6) is -0.787. The first-order valence-corrected chi connectivity index (χ1v) is 9.92. The zero-order valence-electron chi connectivity index (χ0n) is 17.1. The summed E-state index contributed by atoms with van der Waals surface area (Å²) < 4.78 is 13.7. The number of hydrogen-bond acceptors (Lipinski definition) is 2. The van der Waals surface area contributed by atoms with Crippen LogP contribution in [0.4, 0.5) is 10.1 Å². The van der Waals surface area contributed by atoms with Crippen molar-refractivity contribution >= 4 is 17.5 Å². The number of hydrogen-bond donors (Lipinski definition) is 1. The Morgan fingerprint density at radius 2 is 1.60 bits per heavy atom. The van der Waals surface area contributed by atoms with Crippen molar-refractivity contribution in [1.82, 2.24) is 5.32 Å². The molecule has 0 bridgehead atoms. The first-order valence-electron chi connectivity index (χ1n) is 9.92. The fraction of sp³-hybridized carbons (Fsp3) is 0.200. The van der Waals surface area contributed by atoms with Gasteiger partial charge in [-0.15, -0.1) is 0 Å². The third kappa shape index (κ3) is 5.77. The minimum Gasteiger partial charge on any atom is -0.354 e. The summed E-state index contributed by atoms with van der Waals surface area (Å²) >= 11 is 0. The van der Waals surface area contributed by atoms with Crippen LogP contribution in [0.15, 0.2) is 78.9 Å². The Kier molecular flexibility index (Phi) is 6.96. The number of halogens is 1. The van der Waals surface area contributed by atoms with Gasteiger partial charge in [0.05, 0.1) is 13.0 Å². The number of anilines is 1. The number of nitrogens with one attached hydrogen (secondary N) is 1. The van der Waals surface area contributed by atoms with Crippen LogP contribution < -0.4 is 10.2 Å². The van der Waals surface area contributed by atoms with Crippen molar-refractivity contribution in [3.63, 3.8) is 0 Å². The van der Waals surface area contributed by atoms with Crippen LogP contribution in [-0.4, -0.2) is 17.9 Å². The minimum absolute atomic E-state index is 0.0465. The number of nitrogens with zero attached hydrogens (tertiary/aromatic N) is 1. The van der Waals surface area contributed by atoms with Crippen LogP contribution in [0.5, 0.6) is 0 Å². The lowest BCUT2D eigenvalue weighted by Gasteiger charge is -2.23. The zero-order chi connectivity index (χ0) is 21.5. The van der Waals surface area contributed by atoms with Gasteiger partial charge in [0.25, 0.3) is 5.91 Å². The lowest BCUT2D eigenvalue weighted by Crippen LogP contribution is -2.31. The molecule has 3 aromatic carbocycles. The van der Waals surface area contributed by atoms with Crippen LogP contribution >= 0.6 is 0 Å². The number of carbonyl (C=O) groups is 2. The van der Waals surface area contributed by atoms with E-state index in [1.54, 1.807) is 11.0 Å². The molecule has 0 aliphatic heterocycles. The van der Waals surface area contributed by atoms with E-state index in [0.29, 0.717) is 12.2 Å². The van der Waals surface area contributed by atoms with E-state index < -0.39 is 5.82 Å². The van der Waals surface area contributed by atoms with Crippen LogP contribution in [0.3, 0.4) is 0 Å². The Bertz CT molecular complexity index is 1000. The predicted octanol–water partition coefficient (Wildman–Crippen LogP) is 4.74. The molecule has 5 heteroatoms. The average molecular weight is 404 g/mol. The van der Waals surface area contributed by atoms with E-state index in [2.05, 4.69) is 5.32 Å². The second-order valence-electron chi connectivity index (χ2n) is 7.45. The summed E-state index contributed by atoms with van der Waals surface area (Å²) in [7, 11) is 0. The van der Waals surface area contributed by atoms with E-state index in [-0.39, 0.29) is 29.8 Å². The standard InChI is InChI=1S/C25H25FN2O2/c1-18(2)27-24(29)15-19-11-13-23(14-12-19)28(17-20-7-4-3-5-8-20)25(30)21-9-6-10-22(26)16-21/h3-14,16,18H,15,17H2,1-2H3,(H,27,29). The van der Waals surface area contributed by atoms with E-state index >= 15 is 0 Å². The first kappa shape index (κ1) is 21.2. The largest absolute Gasteiger partial charge is 0.354 e. The summed E-state index contributed by atoms with van der Waals surface area (Å²) in [5, 5.41) is 2.87. The smallest absolute Gasteiger partial charge is 0.258 e. The van der Waals surface area contributed by atoms with Gasteiger partial charge in [-0.25, -0.2) is 4.39 Å². The molecule has 0 radical (unpaired) electrons. The second-order valence-corrected chi connectivity index (χ2v) is 7.45. The summed E-state index contributed by atoms with van der Waals surface area (Å²) in [4.78, 5) is 26.8. The van der Waals surface area contributed by atoms with Gasteiger partial charge in [-0.3, -0.25) is 9.59 Å². The lowest BCUT2D eigenvalue weighted by molar-refractivity contribution is -0.120. The predicted molar refractivity (Wildman–Crippen MR) is 117 cm³/mol. The van der Waals surface area contributed by atoms with Gasteiger partial charge in [-0.1, -0.05) is 48.5 Å². The highest BCUT2D eigenvalue weighted by Crippen LogP contribution is 2.22. The SMILES string of the molecule is CC(C)NC(=O)Cc1ccc(N(Cc2ccccc2)C(=O)c2cccc(F)c2)cc1. The summed E-state index contributed by atoms with van der Waals surface area (Å²) in [6.45, 7) is 4.18. The van der Waals surface area contributed by atoms with Crippen molar-refractivity contribution in [3.8, 4) is 0 Å².